The Kier molecular flexibility index (Phi) is 8.90. The van der Waals surface area contributed by atoms with E-state index in [1.165, 1.54) is 56.9 Å². The molecule has 0 radical (unpaired) electrons. The molecule has 0 unspecified atom stereocenters. The molecule has 0 aliphatic heterocycles. The van der Waals surface area contributed by atoms with Gasteiger partial charge in [-0.1, -0.05) is 55.5 Å². The first-order valence-corrected chi connectivity index (χ1v) is 12.1. The molecule has 2 aromatic carbocycles. The van der Waals surface area contributed by atoms with Crippen molar-refractivity contribution in [3.63, 3.8) is 0 Å². The van der Waals surface area contributed by atoms with Gasteiger partial charge in [0.25, 0.3) is 0 Å². The monoisotopic (exact) mass is 436 g/mol. The van der Waals surface area contributed by atoms with E-state index < -0.39 is 5.97 Å². The Labute approximate surface area is 192 Å². The minimum atomic E-state index is -0.810. The summed E-state index contributed by atoms with van der Waals surface area (Å²) in [6.07, 6.45) is 12.1. The van der Waals surface area contributed by atoms with Crippen LogP contribution in [-0.2, 0) is 4.74 Å². The zero-order chi connectivity index (χ0) is 22.9. The van der Waals surface area contributed by atoms with Crippen molar-refractivity contribution in [2.75, 3.05) is 0 Å². The maximum Gasteiger partial charge on any atom is 0.338 e. The molecule has 2 aliphatic rings. The third-order valence-electron chi connectivity index (χ3n) is 6.68. The Balaban J connectivity index is 0.000000181. The van der Waals surface area contributed by atoms with Gasteiger partial charge in [0.1, 0.15) is 6.10 Å². The second-order valence-electron chi connectivity index (χ2n) is 9.25. The molecular weight excluding hydrogens is 400 g/mol. The maximum absolute atomic E-state index is 11.8. The molecule has 0 spiro atoms. The quantitative estimate of drug-likeness (QED) is 0.514. The molecule has 172 valence electrons. The van der Waals surface area contributed by atoms with Crippen molar-refractivity contribution in [1.82, 2.24) is 0 Å². The van der Waals surface area contributed by atoms with Crippen LogP contribution in [0, 0.1) is 13.8 Å². The molecule has 4 heteroatoms. The van der Waals surface area contributed by atoms with Crippen LogP contribution >= 0.6 is 0 Å². The number of benzene rings is 2. The zero-order valence-corrected chi connectivity index (χ0v) is 19.4. The predicted octanol–water partition coefficient (Wildman–Crippen LogP) is 7.23. The van der Waals surface area contributed by atoms with Gasteiger partial charge in [-0.25, -0.2) is 9.59 Å². The van der Waals surface area contributed by atoms with Crippen LogP contribution in [0.5, 0.6) is 0 Å². The molecular formula is C28H36O4. The molecule has 4 nitrogen and oxygen atoms in total. The normalized spacial score (nSPS) is 17.2. The highest BCUT2D eigenvalue weighted by Crippen LogP contribution is 2.33. The van der Waals surface area contributed by atoms with Gasteiger partial charge < -0.3 is 9.84 Å². The van der Waals surface area contributed by atoms with Gasteiger partial charge >= 0.3 is 11.9 Å². The number of carbonyl (C=O) groups is 2. The molecule has 32 heavy (non-hydrogen) atoms. The number of hydrogen-bond acceptors (Lipinski definition) is 3. The highest BCUT2D eigenvalue weighted by Gasteiger charge is 2.19. The number of aryl methyl sites for hydroxylation is 2. The fourth-order valence-corrected chi connectivity index (χ4v) is 4.65. The van der Waals surface area contributed by atoms with Crippen molar-refractivity contribution in [3.8, 4) is 0 Å². The number of carboxylic acid groups (broad SMARTS) is 1. The molecule has 2 aromatic rings. The molecule has 4 rings (SSSR count). The molecule has 0 saturated heterocycles. The summed E-state index contributed by atoms with van der Waals surface area (Å²) in [5.74, 6) is -0.408. The minimum Gasteiger partial charge on any atom is -0.478 e. The maximum atomic E-state index is 11.8. The highest BCUT2D eigenvalue weighted by molar-refractivity contribution is 5.90. The number of ether oxygens (including phenoxy) is 1. The van der Waals surface area contributed by atoms with Crippen molar-refractivity contribution in [2.45, 2.75) is 90.1 Å². The fraction of sp³-hybridized carbons (Fsp3) is 0.500. The lowest BCUT2D eigenvalue weighted by Gasteiger charge is -2.22. The average molecular weight is 437 g/mol. The van der Waals surface area contributed by atoms with Gasteiger partial charge in [0, 0.05) is 0 Å². The van der Waals surface area contributed by atoms with Gasteiger partial charge in [0.15, 0.2) is 0 Å². The third kappa shape index (κ3) is 6.94. The molecule has 1 N–H and O–H groups in total. The Morgan fingerprint density at radius 3 is 2.00 bits per heavy atom. The second kappa shape index (κ2) is 11.8. The number of aromatic carboxylic acids is 1. The summed E-state index contributed by atoms with van der Waals surface area (Å²) in [4.78, 5) is 22.9. The first-order valence-electron chi connectivity index (χ1n) is 12.1. The van der Waals surface area contributed by atoms with E-state index in [1.54, 1.807) is 0 Å². The summed E-state index contributed by atoms with van der Waals surface area (Å²) in [6, 6.07) is 13.5. The lowest BCUT2D eigenvalue weighted by Crippen LogP contribution is -2.20. The molecule has 0 amide bonds. The van der Waals surface area contributed by atoms with Crippen LogP contribution in [0.4, 0.5) is 0 Å². The predicted molar refractivity (Wildman–Crippen MR) is 127 cm³/mol. The third-order valence-corrected chi connectivity index (χ3v) is 6.68. The lowest BCUT2D eigenvalue weighted by molar-refractivity contribution is 0.0211. The molecule has 0 heterocycles. The lowest BCUT2D eigenvalue weighted by atomic mass is 9.83. The van der Waals surface area contributed by atoms with Gasteiger partial charge in [-0.3, -0.25) is 0 Å². The molecule has 0 bridgehead atoms. The smallest absolute Gasteiger partial charge is 0.338 e. The van der Waals surface area contributed by atoms with E-state index in [0.29, 0.717) is 17.0 Å². The van der Waals surface area contributed by atoms with E-state index in [4.69, 9.17) is 9.84 Å². The molecule has 2 aliphatic carbocycles. The zero-order valence-electron chi connectivity index (χ0n) is 19.4. The summed E-state index contributed by atoms with van der Waals surface area (Å²) in [5.41, 5.74) is 4.35. The van der Waals surface area contributed by atoms with Crippen LogP contribution in [0.25, 0.3) is 0 Å². The van der Waals surface area contributed by atoms with Gasteiger partial charge in [-0.05, 0) is 87.6 Å². The van der Waals surface area contributed by atoms with E-state index in [1.807, 2.05) is 50.2 Å². The van der Waals surface area contributed by atoms with E-state index in [-0.39, 0.29) is 12.1 Å². The SMILES string of the molecule is Cc1ccc(C(=O)OC2CCCCC2)cc1.Cc1ccc(C2CCCCC2)cc1C(=O)O. The van der Waals surface area contributed by atoms with E-state index >= 15 is 0 Å². The van der Waals surface area contributed by atoms with Crippen LogP contribution in [-0.4, -0.2) is 23.1 Å². The van der Waals surface area contributed by atoms with Crippen LogP contribution < -0.4 is 0 Å². The van der Waals surface area contributed by atoms with Gasteiger partial charge in [0.2, 0.25) is 0 Å². The molecule has 2 fully saturated rings. The summed E-state index contributed by atoms with van der Waals surface area (Å²) in [6.45, 7) is 3.87. The average Bonchev–Trinajstić information content (AvgIpc) is 2.81. The minimum absolute atomic E-state index is 0.141. The van der Waals surface area contributed by atoms with Crippen molar-refractivity contribution >= 4 is 11.9 Å². The number of rotatable bonds is 4. The van der Waals surface area contributed by atoms with E-state index in [2.05, 4.69) is 6.07 Å². The first kappa shape index (κ1) is 24.0. The van der Waals surface area contributed by atoms with Crippen LogP contribution in [0.15, 0.2) is 42.5 Å². The molecule has 2 saturated carbocycles. The van der Waals surface area contributed by atoms with Crippen LogP contribution in [0.1, 0.15) is 108 Å². The van der Waals surface area contributed by atoms with Gasteiger partial charge in [-0.15, -0.1) is 0 Å². The second-order valence-corrected chi connectivity index (χ2v) is 9.25. The van der Waals surface area contributed by atoms with Crippen molar-refractivity contribution in [2.24, 2.45) is 0 Å². The number of hydrogen-bond donors (Lipinski definition) is 1. The fourth-order valence-electron chi connectivity index (χ4n) is 4.65. The van der Waals surface area contributed by atoms with Crippen molar-refractivity contribution in [1.29, 1.82) is 0 Å². The Bertz CT molecular complexity index is 888. The standard InChI is InChI=1S/2C14H18O2/c1-11-7-9-12(10-8-11)14(15)16-13-5-3-2-4-6-13;1-10-7-8-12(9-13(10)14(15)16)11-5-3-2-4-6-11/h7-10,13H,2-6H2,1H3;7-9,11H,2-6H2,1H3,(H,15,16). The van der Waals surface area contributed by atoms with Crippen molar-refractivity contribution in [3.05, 3.63) is 70.3 Å². The summed E-state index contributed by atoms with van der Waals surface area (Å²) in [5, 5.41) is 9.09. The molecule has 0 atom stereocenters. The Morgan fingerprint density at radius 1 is 0.812 bits per heavy atom. The first-order chi connectivity index (χ1) is 15.4. The Hall–Kier alpha value is -2.62. The van der Waals surface area contributed by atoms with Gasteiger partial charge in [-0.2, -0.15) is 0 Å². The summed E-state index contributed by atoms with van der Waals surface area (Å²) < 4.78 is 5.48. The van der Waals surface area contributed by atoms with Gasteiger partial charge in [0.05, 0.1) is 11.1 Å². The van der Waals surface area contributed by atoms with Crippen molar-refractivity contribution < 1.29 is 19.4 Å². The number of esters is 1. The van der Waals surface area contributed by atoms with E-state index in [9.17, 15) is 9.59 Å². The largest absolute Gasteiger partial charge is 0.478 e. The van der Waals surface area contributed by atoms with Crippen LogP contribution in [0.3, 0.4) is 0 Å². The number of carbonyl (C=O) groups excluding carboxylic acids is 1. The number of carboxylic acids is 1. The molecule has 0 aromatic heterocycles. The Morgan fingerprint density at radius 2 is 1.41 bits per heavy atom. The van der Waals surface area contributed by atoms with E-state index in [0.717, 1.165) is 24.0 Å². The topological polar surface area (TPSA) is 63.6 Å². The summed E-state index contributed by atoms with van der Waals surface area (Å²) in [7, 11) is 0. The highest BCUT2D eigenvalue weighted by atomic mass is 16.5. The van der Waals surface area contributed by atoms with Crippen LogP contribution in [0.2, 0.25) is 0 Å². The summed E-state index contributed by atoms with van der Waals surface area (Å²) >= 11 is 0.